The molecule has 0 radical (unpaired) electrons. The number of nitrogens with zero attached hydrogens (tertiary/aromatic N) is 2. The number of carbonyl (C=O) groups is 1. The van der Waals surface area contributed by atoms with Crippen molar-refractivity contribution < 1.29 is 24.6 Å². The van der Waals surface area contributed by atoms with Gasteiger partial charge in [0.2, 0.25) is 5.91 Å². The molecule has 0 spiro atoms. The minimum absolute atomic E-state index is 0.114. The highest BCUT2D eigenvalue weighted by molar-refractivity contribution is 5.79. The standard InChI is InChI=1S/C23H43N3O3.C9H18.C2H6O.CH4O/c1-16(2)24-23(27)19-12-18(13-20(14-19)25(3)4)21-9-6-8-17(22(21)28-5)15-26-10-7-11-29-26;1-8-5-4-6-9(2,3)7-8;1-2-3;1-2/h16-22H,6-15H2,1-5H3,(H,24,27);8H,4-7H2,1-3H3;3H,2H2,1H3;2H,1H3. The Balaban J connectivity index is 0.000000549. The van der Waals surface area contributed by atoms with Gasteiger partial charge in [-0.2, -0.15) is 5.06 Å². The summed E-state index contributed by atoms with van der Waals surface area (Å²) in [7, 11) is 7.20. The Morgan fingerprint density at radius 1 is 1.09 bits per heavy atom. The molecule has 8 nitrogen and oxygen atoms in total. The van der Waals surface area contributed by atoms with Gasteiger partial charge in [0.15, 0.2) is 0 Å². The predicted molar refractivity (Wildman–Crippen MR) is 178 cm³/mol. The first-order valence-corrected chi connectivity index (χ1v) is 17.3. The van der Waals surface area contributed by atoms with Crippen molar-refractivity contribution >= 4 is 5.91 Å². The first kappa shape index (κ1) is 40.3. The molecule has 1 amide bonds. The Bertz CT molecular complexity index is 728. The summed E-state index contributed by atoms with van der Waals surface area (Å²) in [6, 6.07) is 0.670. The number of hydrogen-bond acceptors (Lipinski definition) is 7. The fraction of sp³-hybridized carbons (Fsp3) is 0.971. The van der Waals surface area contributed by atoms with Gasteiger partial charge >= 0.3 is 0 Å². The molecule has 1 aliphatic heterocycles. The molecule has 4 fully saturated rings. The zero-order valence-electron chi connectivity index (χ0n) is 29.7. The Hall–Kier alpha value is -0.770. The molecule has 1 heterocycles. The molecule has 256 valence electrons. The Labute approximate surface area is 265 Å². The Kier molecular flexibility index (Phi) is 19.8. The van der Waals surface area contributed by atoms with Crippen LogP contribution in [0.4, 0.5) is 0 Å². The average molecular weight is 614 g/mol. The minimum atomic E-state index is 0.114. The zero-order valence-corrected chi connectivity index (χ0v) is 29.7. The van der Waals surface area contributed by atoms with Crippen LogP contribution < -0.4 is 5.32 Å². The second-order valence-electron chi connectivity index (χ2n) is 14.8. The fourth-order valence-electron chi connectivity index (χ4n) is 8.06. The van der Waals surface area contributed by atoms with Crippen LogP contribution in [0.1, 0.15) is 112 Å². The van der Waals surface area contributed by atoms with E-state index < -0.39 is 0 Å². The van der Waals surface area contributed by atoms with Crippen molar-refractivity contribution in [3.8, 4) is 0 Å². The monoisotopic (exact) mass is 614 g/mol. The SMILES string of the molecule is CC1CCCC(C)(C)C1.CCO.CO.COC1C(CN2CCCO2)CCCC1C1CC(C(=O)NC(C)C)CC(N(C)C)C1. The topological polar surface area (TPSA) is 94.5 Å². The molecule has 0 aromatic heterocycles. The van der Waals surface area contributed by atoms with Gasteiger partial charge in [0.1, 0.15) is 0 Å². The van der Waals surface area contributed by atoms with Crippen molar-refractivity contribution in [1.82, 2.24) is 15.3 Å². The molecule has 1 saturated heterocycles. The molecule has 3 saturated carbocycles. The quantitative estimate of drug-likeness (QED) is 0.336. The molecule has 43 heavy (non-hydrogen) atoms. The number of aliphatic hydroxyl groups excluding tert-OH is 2. The normalized spacial score (nSPS) is 32.5. The number of hydrogen-bond donors (Lipinski definition) is 3. The van der Waals surface area contributed by atoms with Gasteiger partial charge in [-0.1, -0.05) is 40.0 Å². The van der Waals surface area contributed by atoms with Crippen molar-refractivity contribution in [1.29, 1.82) is 0 Å². The third-order valence-corrected chi connectivity index (χ3v) is 9.84. The van der Waals surface area contributed by atoms with Crippen molar-refractivity contribution in [2.45, 2.75) is 130 Å². The molecule has 4 aliphatic rings. The van der Waals surface area contributed by atoms with Crippen LogP contribution in [0.3, 0.4) is 0 Å². The van der Waals surface area contributed by atoms with Crippen LogP contribution in [0.5, 0.6) is 0 Å². The summed E-state index contributed by atoms with van der Waals surface area (Å²) in [6.07, 6.45) is 14.0. The summed E-state index contributed by atoms with van der Waals surface area (Å²) in [6.45, 7) is 16.1. The number of ether oxygens (including phenoxy) is 1. The number of amides is 1. The van der Waals surface area contributed by atoms with E-state index in [0.29, 0.717) is 29.2 Å². The Morgan fingerprint density at radius 3 is 2.26 bits per heavy atom. The van der Waals surface area contributed by atoms with Crippen LogP contribution in [0.15, 0.2) is 0 Å². The molecule has 0 bridgehead atoms. The maximum atomic E-state index is 12.9. The van der Waals surface area contributed by atoms with E-state index >= 15 is 0 Å². The van der Waals surface area contributed by atoms with Crippen LogP contribution in [0.2, 0.25) is 0 Å². The number of aliphatic hydroxyl groups is 2. The van der Waals surface area contributed by atoms with Crippen LogP contribution in [0, 0.1) is 35.0 Å². The summed E-state index contributed by atoms with van der Waals surface area (Å²) in [4.78, 5) is 21.0. The van der Waals surface area contributed by atoms with Gasteiger partial charge in [0.25, 0.3) is 0 Å². The molecular weight excluding hydrogens is 542 g/mol. The maximum Gasteiger partial charge on any atom is 0.223 e. The summed E-state index contributed by atoms with van der Waals surface area (Å²) >= 11 is 0. The number of carbonyl (C=O) groups excluding carboxylic acids is 1. The molecule has 7 atom stereocenters. The van der Waals surface area contributed by atoms with Gasteiger partial charge in [0.05, 0.1) is 12.7 Å². The number of methoxy groups -OCH3 is 1. The molecule has 3 N–H and O–H groups in total. The highest BCUT2D eigenvalue weighted by Crippen LogP contribution is 2.44. The van der Waals surface area contributed by atoms with Crippen molar-refractivity contribution in [3.63, 3.8) is 0 Å². The van der Waals surface area contributed by atoms with Crippen molar-refractivity contribution in [2.75, 3.05) is 54.6 Å². The smallest absolute Gasteiger partial charge is 0.223 e. The molecule has 7 unspecified atom stereocenters. The minimum Gasteiger partial charge on any atom is -0.400 e. The number of nitrogens with one attached hydrogen (secondary N) is 1. The first-order chi connectivity index (χ1) is 20.4. The average Bonchev–Trinajstić information content (AvgIpc) is 3.46. The molecule has 0 aromatic carbocycles. The van der Waals surface area contributed by atoms with E-state index in [1.54, 1.807) is 6.92 Å². The maximum absolute atomic E-state index is 12.9. The lowest BCUT2D eigenvalue weighted by Crippen LogP contribution is -2.49. The van der Waals surface area contributed by atoms with Gasteiger partial charge < -0.3 is 25.2 Å². The van der Waals surface area contributed by atoms with Crippen LogP contribution >= 0.6 is 0 Å². The molecule has 4 rings (SSSR count). The van der Waals surface area contributed by atoms with E-state index in [4.69, 9.17) is 19.8 Å². The predicted octanol–water partition coefficient (Wildman–Crippen LogP) is 5.76. The summed E-state index contributed by atoms with van der Waals surface area (Å²) < 4.78 is 6.14. The lowest BCUT2D eigenvalue weighted by molar-refractivity contribution is -0.145. The van der Waals surface area contributed by atoms with Gasteiger partial charge in [-0.15, -0.1) is 0 Å². The van der Waals surface area contributed by atoms with Gasteiger partial charge in [-0.05, 0) is 109 Å². The van der Waals surface area contributed by atoms with E-state index in [1.165, 1.54) is 51.4 Å². The molecule has 3 aliphatic carbocycles. The van der Waals surface area contributed by atoms with Crippen molar-refractivity contribution in [2.24, 2.45) is 35.0 Å². The summed E-state index contributed by atoms with van der Waals surface area (Å²) in [5, 5.41) is 19.9. The van der Waals surface area contributed by atoms with Crippen LogP contribution in [0.25, 0.3) is 0 Å². The third-order valence-electron chi connectivity index (χ3n) is 9.84. The second kappa shape index (κ2) is 21.1. The van der Waals surface area contributed by atoms with Gasteiger partial charge in [0, 0.05) is 57.8 Å². The van der Waals surface area contributed by atoms with E-state index in [1.807, 2.05) is 7.11 Å². The van der Waals surface area contributed by atoms with Crippen LogP contribution in [-0.4, -0.2) is 98.9 Å². The largest absolute Gasteiger partial charge is 0.400 e. The lowest BCUT2D eigenvalue weighted by atomic mass is 9.65. The first-order valence-electron chi connectivity index (χ1n) is 17.3. The lowest BCUT2D eigenvalue weighted by Gasteiger charge is -2.46. The number of rotatable bonds is 7. The van der Waals surface area contributed by atoms with E-state index in [-0.39, 0.29) is 30.6 Å². The molecule has 0 aromatic rings. The highest BCUT2D eigenvalue weighted by Gasteiger charge is 2.44. The second-order valence-corrected chi connectivity index (χ2v) is 14.8. The van der Waals surface area contributed by atoms with E-state index in [0.717, 1.165) is 52.0 Å². The zero-order chi connectivity index (χ0) is 32.6. The van der Waals surface area contributed by atoms with E-state index in [2.05, 4.69) is 64.0 Å². The number of hydroxylamine groups is 2. The highest BCUT2D eigenvalue weighted by atomic mass is 16.7. The Morgan fingerprint density at radius 2 is 1.77 bits per heavy atom. The van der Waals surface area contributed by atoms with Gasteiger partial charge in [-0.3, -0.25) is 9.63 Å². The van der Waals surface area contributed by atoms with Gasteiger partial charge in [-0.25, -0.2) is 0 Å². The molecule has 8 heteroatoms. The fourth-order valence-corrected chi connectivity index (χ4v) is 8.06. The van der Waals surface area contributed by atoms with Crippen LogP contribution in [-0.2, 0) is 14.4 Å². The third kappa shape index (κ3) is 14.5. The summed E-state index contributed by atoms with van der Waals surface area (Å²) in [5.41, 5.74) is 0.650. The van der Waals surface area contributed by atoms with E-state index in [9.17, 15) is 4.79 Å². The summed E-state index contributed by atoms with van der Waals surface area (Å²) in [5.74, 6) is 2.95. The molecular formula is C35H71N3O5. The van der Waals surface area contributed by atoms with Crippen molar-refractivity contribution in [3.05, 3.63) is 0 Å².